The summed E-state index contributed by atoms with van der Waals surface area (Å²) in [6, 6.07) is 11.1. The first-order chi connectivity index (χ1) is 10.0. The average Bonchev–Trinajstić information content (AvgIpc) is 2.45. The van der Waals surface area contributed by atoms with Gasteiger partial charge < -0.3 is 14.6 Å². The lowest BCUT2D eigenvalue weighted by Gasteiger charge is -2.13. The van der Waals surface area contributed by atoms with E-state index in [1.807, 2.05) is 0 Å². The molecule has 6 heteroatoms. The lowest BCUT2D eigenvalue weighted by atomic mass is 10.1. The Balaban J connectivity index is 1.92. The Morgan fingerprint density at radius 1 is 1.00 bits per heavy atom. The molecule has 112 valence electrons. The Labute approximate surface area is 119 Å². The van der Waals surface area contributed by atoms with Gasteiger partial charge in [0.2, 0.25) is 0 Å². The van der Waals surface area contributed by atoms with E-state index in [2.05, 4.69) is 4.74 Å². The first-order valence-corrected chi connectivity index (χ1v) is 6.16. The Kier molecular flexibility index (Phi) is 5.05. The Morgan fingerprint density at radius 3 is 2.33 bits per heavy atom. The number of hydrogen-bond donors (Lipinski definition) is 1. The zero-order valence-electron chi connectivity index (χ0n) is 10.9. The lowest BCUT2D eigenvalue weighted by Crippen LogP contribution is -2.10. The second-order valence-electron chi connectivity index (χ2n) is 4.23. The maximum absolute atomic E-state index is 12.9. The van der Waals surface area contributed by atoms with Crippen LogP contribution in [0, 0.1) is 5.82 Å². The van der Waals surface area contributed by atoms with Gasteiger partial charge in [-0.3, -0.25) is 0 Å². The fraction of sp³-hybridized carbons (Fsp3) is 0.200. The number of halogens is 3. The van der Waals surface area contributed by atoms with Gasteiger partial charge in [0.1, 0.15) is 30.0 Å². The van der Waals surface area contributed by atoms with Crippen molar-refractivity contribution in [1.29, 1.82) is 0 Å². The zero-order valence-corrected chi connectivity index (χ0v) is 10.9. The molecule has 1 atom stereocenters. The number of alkyl halides is 2. The van der Waals surface area contributed by atoms with E-state index < -0.39 is 18.5 Å². The molecule has 2 aromatic rings. The van der Waals surface area contributed by atoms with Gasteiger partial charge in [0, 0.05) is 6.07 Å². The van der Waals surface area contributed by atoms with Crippen LogP contribution in [0.1, 0.15) is 11.7 Å². The normalized spacial score (nSPS) is 12.2. The third-order valence-electron chi connectivity index (χ3n) is 2.69. The minimum absolute atomic E-state index is 0.00648. The van der Waals surface area contributed by atoms with E-state index >= 15 is 0 Å². The molecule has 0 spiro atoms. The fourth-order valence-electron chi connectivity index (χ4n) is 1.70. The van der Waals surface area contributed by atoms with Crippen molar-refractivity contribution in [3.8, 4) is 11.5 Å². The number of rotatable bonds is 6. The summed E-state index contributed by atoms with van der Waals surface area (Å²) in [5, 5.41) is 9.92. The number of aliphatic hydroxyl groups is 1. The molecule has 0 heterocycles. The molecular weight excluding hydrogens is 285 g/mol. The van der Waals surface area contributed by atoms with Crippen molar-refractivity contribution in [2.75, 3.05) is 6.61 Å². The highest BCUT2D eigenvalue weighted by Crippen LogP contribution is 2.21. The lowest BCUT2D eigenvalue weighted by molar-refractivity contribution is -0.0498. The summed E-state index contributed by atoms with van der Waals surface area (Å²) in [5.74, 6) is -0.130. The number of ether oxygens (including phenoxy) is 2. The van der Waals surface area contributed by atoms with Crippen LogP contribution in [0.25, 0.3) is 0 Å². The fourth-order valence-corrected chi connectivity index (χ4v) is 1.70. The van der Waals surface area contributed by atoms with Gasteiger partial charge in [-0.05, 0) is 29.8 Å². The quantitative estimate of drug-likeness (QED) is 0.886. The van der Waals surface area contributed by atoms with Crippen LogP contribution < -0.4 is 9.47 Å². The van der Waals surface area contributed by atoms with Crippen molar-refractivity contribution >= 4 is 0 Å². The molecule has 0 aliphatic heterocycles. The van der Waals surface area contributed by atoms with E-state index in [9.17, 15) is 18.3 Å². The molecule has 0 aliphatic rings. The van der Waals surface area contributed by atoms with E-state index in [1.165, 1.54) is 42.5 Å². The van der Waals surface area contributed by atoms with Crippen LogP contribution in [0.4, 0.5) is 13.2 Å². The summed E-state index contributed by atoms with van der Waals surface area (Å²) in [6.07, 6.45) is -0.964. The van der Waals surface area contributed by atoms with Crippen molar-refractivity contribution in [3.05, 3.63) is 59.9 Å². The molecule has 0 saturated carbocycles. The summed E-state index contributed by atoms with van der Waals surface area (Å²) < 4.78 is 46.4. The first-order valence-electron chi connectivity index (χ1n) is 6.16. The van der Waals surface area contributed by atoms with Gasteiger partial charge >= 0.3 is 6.61 Å². The summed E-state index contributed by atoms with van der Waals surface area (Å²) in [6.45, 7) is -2.98. The van der Waals surface area contributed by atoms with Crippen molar-refractivity contribution in [2.24, 2.45) is 0 Å². The maximum Gasteiger partial charge on any atom is 0.387 e. The number of benzene rings is 2. The van der Waals surface area contributed by atoms with E-state index in [-0.39, 0.29) is 12.4 Å². The maximum atomic E-state index is 12.9. The molecule has 2 rings (SSSR count). The van der Waals surface area contributed by atoms with Crippen molar-refractivity contribution < 1.29 is 27.8 Å². The van der Waals surface area contributed by atoms with Gasteiger partial charge in [-0.1, -0.05) is 18.2 Å². The second kappa shape index (κ2) is 6.99. The second-order valence-corrected chi connectivity index (χ2v) is 4.23. The SMILES string of the molecule is OC(COc1cccc(F)c1)c1ccc(OC(F)F)cc1. The van der Waals surface area contributed by atoms with E-state index in [1.54, 1.807) is 6.07 Å². The third-order valence-corrected chi connectivity index (χ3v) is 2.69. The summed E-state index contributed by atoms with van der Waals surface area (Å²) in [5.41, 5.74) is 0.480. The first kappa shape index (κ1) is 15.2. The molecule has 21 heavy (non-hydrogen) atoms. The van der Waals surface area contributed by atoms with E-state index in [4.69, 9.17) is 4.74 Å². The molecule has 0 amide bonds. The van der Waals surface area contributed by atoms with Crippen LogP contribution in [0.3, 0.4) is 0 Å². The zero-order chi connectivity index (χ0) is 15.2. The Morgan fingerprint density at radius 2 is 1.71 bits per heavy atom. The molecule has 3 nitrogen and oxygen atoms in total. The predicted molar refractivity (Wildman–Crippen MR) is 69.9 cm³/mol. The van der Waals surface area contributed by atoms with Crippen LogP contribution in [0.2, 0.25) is 0 Å². The molecule has 0 saturated heterocycles. The van der Waals surface area contributed by atoms with Crippen LogP contribution in [-0.4, -0.2) is 18.3 Å². The molecule has 0 radical (unpaired) electrons. The molecule has 0 aromatic heterocycles. The minimum Gasteiger partial charge on any atom is -0.490 e. The standard InChI is InChI=1S/C15H13F3O3/c16-11-2-1-3-13(8-11)20-9-14(19)10-4-6-12(7-5-10)21-15(17)18/h1-8,14-15,19H,9H2. The highest BCUT2D eigenvalue weighted by atomic mass is 19.3. The van der Waals surface area contributed by atoms with Crippen LogP contribution in [0.5, 0.6) is 11.5 Å². The van der Waals surface area contributed by atoms with E-state index in [0.717, 1.165) is 0 Å². The molecule has 0 fully saturated rings. The van der Waals surface area contributed by atoms with Gasteiger partial charge in [0.05, 0.1) is 0 Å². The molecular formula is C15H13F3O3. The van der Waals surface area contributed by atoms with Crippen molar-refractivity contribution in [2.45, 2.75) is 12.7 Å². The Bertz CT molecular complexity index is 573. The average molecular weight is 298 g/mol. The van der Waals surface area contributed by atoms with Crippen LogP contribution >= 0.6 is 0 Å². The number of hydrogen-bond acceptors (Lipinski definition) is 3. The minimum atomic E-state index is -2.89. The van der Waals surface area contributed by atoms with Crippen LogP contribution in [-0.2, 0) is 0 Å². The summed E-state index contributed by atoms with van der Waals surface area (Å²) in [7, 11) is 0. The highest BCUT2D eigenvalue weighted by molar-refractivity contribution is 5.29. The summed E-state index contributed by atoms with van der Waals surface area (Å²) in [4.78, 5) is 0. The highest BCUT2D eigenvalue weighted by Gasteiger charge is 2.10. The van der Waals surface area contributed by atoms with Crippen molar-refractivity contribution in [3.63, 3.8) is 0 Å². The summed E-state index contributed by atoms with van der Waals surface area (Å²) >= 11 is 0. The molecule has 0 bridgehead atoms. The topological polar surface area (TPSA) is 38.7 Å². The molecule has 2 aromatic carbocycles. The van der Waals surface area contributed by atoms with Gasteiger partial charge in [0.25, 0.3) is 0 Å². The monoisotopic (exact) mass is 298 g/mol. The largest absolute Gasteiger partial charge is 0.490 e. The molecule has 1 unspecified atom stereocenters. The molecule has 0 aliphatic carbocycles. The third kappa shape index (κ3) is 4.68. The van der Waals surface area contributed by atoms with Gasteiger partial charge in [0.15, 0.2) is 0 Å². The van der Waals surface area contributed by atoms with Gasteiger partial charge in [-0.2, -0.15) is 8.78 Å². The Hall–Kier alpha value is -2.21. The van der Waals surface area contributed by atoms with Crippen LogP contribution in [0.15, 0.2) is 48.5 Å². The van der Waals surface area contributed by atoms with Gasteiger partial charge in [-0.15, -0.1) is 0 Å². The van der Waals surface area contributed by atoms with Crippen molar-refractivity contribution in [1.82, 2.24) is 0 Å². The number of aliphatic hydroxyl groups excluding tert-OH is 1. The van der Waals surface area contributed by atoms with Gasteiger partial charge in [-0.25, -0.2) is 4.39 Å². The van der Waals surface area contributed by atoms with E-state index in [0.29, 0.717) is 11.3 Å². The molecule has 1 N–H and O–H groups in total. The predicted octanol–water partition coefficient (Wildman–Crippen LogP) is 3.54. The smallest absolute Gasteiger partial charge is 0.387 e.